The maximum Gasteiger partial charge on any atom is 0.434 e. The van der Waals surface area contributed by atoms with Gasteiger partial charge in [0.2, 0.25) is 0 Å². The molecule has 0 spiro atoms. The highest BCUT2D eigenvalue weighted by Crippen LogP contribution is 2.38. The molecule has 0 atom stereocenters. The molecule has 174 valence electrons. The van der Waals surface area contributed by atoms with Crippen LogP contribution < -0.4 is 10.9 Å². The van der Waals surface area contributed by atoms with E-state index in [2.05, 4.69) is 25.1 Å². The summed E-state index contributed by atoms with van der Waals surface area (Å²) in [4.78, 5) is 42.6. The average molecular weight is 492 g/mol. The van der Waals surface area contributed by atoms with Gasteiger partial charge in [0.25, 0.3) is 11.5 Å². The molecule has 0 bridgehead atoms. The summed E-state index contributed by atoms with van der Waals surface area (Å²) in [6.45, 7) is 0. The van der Waals surface area contributed by atoms with Crippen molar-refractivity contribution in [2.24, 2.45) is 0 Å². The lowest BCUT2D eigenvalue weighted by molar-refractivity contribution is -0.143. The normalized spacial score (nSPS) is 11.4. The molecule has 0 saturated carbocycles. The van der Waals surface area contributed by atoms with Crippen LogP contribution in [0, 0.1) is 0 Å². The molecule has 0 aliphatic carbocycles. The number of fused-ring (bicyclic) bond motifs is 1. The van der Waals surface area contributed by atoms with Crippen LogP contribution in [-0.4, -0.2) is 38.7 Å². The number of H-pyrrole nitrogens is 1. The monoisotopic (exact) mass is 491 g/mol. The second-order valence-corrected chi connectivity index (χ2v) is 7.20. The van der Waals surface area contributed by atoms with Gasteiger partial charge in [-0.3, -0.25) is 9.59 Å². The highest BCUT2D eigenvalue weighted by atomic mass is 35.5. The van der Waals surface area contributed by atoms with Crippen molar-refractivity contribution >= 4 is 39.9 Å². The highest BCUT2D eigenvalue weighted by Gasteiger charge is 2.43. The van der Waals surface area contributed by atoms with Gasteiger partial charge in [0.1, 0.15) is 11.3 Å². The largest absolute Gasteiger partial charge is 0.464 e. The van der Waals surface area contributed by atoms with E-state index in [1.54, 1.807) is 0 Å². The quantitative estimate of drug-likeness (QED) is 0.419. The van der Waals surface area contributed by atoms with Gasteiger partial charge in [-0.25, -0.2) is 14.5 Å². The average Bonchev–Trinajstić information content (AvgIpc) is 3.16. The van der Waals surface area contributed by atoms with Gasteiger partial charge in [0.05, 0.1) is 24.7 Å². The molecule has 4 rings (SSSR count). The molecule has 9 nitrogen and oxygen atoms in total. The lowest BCUT2D eigenvalue weighted by Crippen LogP contribution is -2.21. The number of hydrogen-bond acceptors (Lipinski definition) is 6. The summed E-state index contributed by atoms with van der Waals surface area (Å²) in [7, 11) is 1.16. The fourth-order valence-electron chi connectivity index (χ4n) is 3.30. The number of benzene rings is 1. The van der Waals surface area contributed by atoms with Crippen molar-refractivity contribution in [3.05, 3.63) is 81.3 Å². The number of hydrogen-bond donors (Lipinski definition) is 2. The minimum absolute atomic E-state index is 0.00582. The number of pyridine rings is 2. The zero-order valence-electron chi connectivity index (χ0n) is 17.1. The van der Waals surface area contributed by atoms with E-state index in [4.69, 9.17) is 11.6 Å². The minimum atomic E-state index is -5.04. The number of carbonyl (C=O) groups excluding carboxylic acids is 2. The van der Waals surface area contributed by atoms with Crippen LogP contribution in [0.4, 0.5) is 18.9 Å². The molecule has 13 heteroatoms. The highest BCUT2D eigenvalue weighted by molar-refractivity contribution is 6.33. The fourth-order valence-corrected chi connectivity index (χ4v) is 3.56. The standard InChI is InChI=1S/C21H13ClF3N5O4/c1-34-20(33)13-6-5-10(9-27-13)28-19(32)15-16(21(23,24)25)30(29-17(15)22)14-4-2-3-12-11(14)7-8-26-18(12)31/h2-9H,1H3,(H,26,31)(H,28,32). The number of methoxy groups -OCH3 is 1. The van der Waals surface area contributed by atoms with Crippen LogP contribution in [0.25, 0.3) is 16.5 Å². The Balaban J connectivity index is 1.81. The van der Waals surface area contributed by atoms with Gasteiger partial charge in [-0.15, -0.1) is 0 Å². The predicted molar refractivity (Wildman–Crippen MR) is 115 cm³/mol. The van der Waals surface area contributed by atoms with Crippen molar-refractivity contribution in [1.29, 1.82) is 0 Å². The zero-order valence-corrected chi connectivity index (χ0v) is 17.9. The third-order valence-electron chi connectivity index (χ3n) is 4.77. The van der Waals surface area contributed by atoms with Crippen molar-refractivity contribution in [2.75, 3.05) is 12.4 Å². The Kier molecular flexibility index (Phi) is 5.83. The third-order valence-corrected chi connectivity index (χ3v) is 5.04. The van der Waals surface area contributed by atoms with Crippen molar-refractivity contribution in [1.82, 2.24) is 19.7 Å². The van der Waals surface area contributed by atoms with Crippen LogP contribution >= 0.6 is 11.6 Å². The van der Waals surface area contributed by atoms with Gasteiger partial charge in [0, 0.05) is 17.0 Å². The van der Waals surface area contributed by atoms with E-state index < -0.39 is 40.0 Å². The van der Waals surface area contributed by atoms with E-state index in [1.807, 2.05) is 0 Å². The maximum atomic E-state index is 14.1. The number of amides is 1. The molecule has 4 aromatic rings. The van der Waals surface area contributed by atoms with Gasteiger partial charge in [-0.1, -0.05) is 17.7 Å². The summed E-state index contributed by atoms with van der Waals surface area (Å²) in [6.07, 6.45) is -2.68. The van der Waals surface area contributed by atoms with Crippen LogP contribution in [0.3, 0.4) is 0 Å². The van der Waals surface area contributed by atoms with Gasteiger partial charge >= 0.3 is 12.1 Å². The Morgan fingerprint density at radius 3 is 2.56 bits per heavy atom. The van der Waals surface area contributed by atoms with E-state index in [9.17, 15) is 27.6 Å². The molecule has 34 heavy (non-hydrogen) atoms. The summed E-state index contributed by atoms with van der Waals surface area (Å²) in [6, 6.07) is 8.05. The molecule has 0 unspecified atom stereocenters. The topological polar surface area (TPSA) is 119 Å². The Labute approximate surface area is 193 Å². The molecule has 0 aliphatic heterocycles. The Morgan fingerprint density at radius 1 is 1.15 bits per heavy atom. The van der Waals surface area contributed by atoms with E-state index in [1.165, 1.54) is 42.6 Å². The number of nitrogens with one attached hydrogen (secondary N) is 2. The molecular formula is C21H13ClF3N5O4. The Hall–Kier alpha value is -4.19. The first-order valence-corrected chi connectivity index (χ1v) is 9.82. The molecule has 2 N–H and O–H groups in total. The third kappa shape index (κ3) is 4.10. The molecule has 0 fully saturated rings. The van der Waals surface area contributed by atoms with Crippen LogP contribution in [0.5, 0.6) is 0 Å². The van der Waals surface area contributed by atoms with E-state index in [-0.39, 0.29) is 27.8 Å². The van der Waals surface area contributed by atoms with Crippen LogP contribution in [-0.2, 0) is 10.9 Å². The first kappa shape index (κ1) is 23.0. The summed E-state index contributed by atoms with van der Waals surface area (Å²) in [5, 5.41) is 5.61. The minimum Gasteiger partial charge on any atom is -0.464 e. The van der Waals surface area contributed by atoms with Crippen LogP contribution in [0.2, 0.25) is 5.15 Å². The van der Waals surface area contributed by atoms with Crippen molar-refractivity contribution in [3.8, 4) is 5.69 Å². The number of aromatic nitrogens is 4. The second-order valence-electron chi connectivity index (χ2n) is 6.85. The zero-order chi connectivity index (χ0) is 24.6. The number of rotatable bonds is 4. The SMILES string of the molecule is COC(=O)c1ccc(NC(=O)c2c(Cl)nn(-c3cccc4c(=O)[nH]ccc34)c2C(F)(F)F)cn1. The predicted octanol–water partition coefficient (Wildman–Crippen LogP) is 3.82. The number of halogens is 4. The van der Waals surface area contributed by atoms with Crippen molar-refractivity contribution in [2.45, 2.75) is 6.18 Å². The number of ether oxygens (including phenoxy) is 1. The number of aromatic amines is 1. The van der Waals surface area contributed by atoms with E-state index in [0.717, 1.165) is 13.3 Å². The number of nitrogens with zero attached hydrogens (tertiary/aromatic N) is 3. The van der Waals surface area contributed by atoms with Crippen LogP contribution in [0.1, 0.15) is 26.5 Å². The maximum absolute atomic E-state index is 14.1. The van der Waals surface area contributed by atoms with Gasteiger partial charge in [0.15, 0.2) is 10.8 Å². The molecule has 0 saturated heterocycles. The van der Waals surface area contributed by atoms with E-state index >= 15 is 0 Å². The van der Waals surface area contributed by atoms with Crippen LogP contribution in [0.15, 0.2) is 53.6 Å². The summed E-state index contributed by atoms with van der Waals surface area (Å²) >= 11 is 6.00. The fraction of sp³-hybridized carbons (Fsp3) is 0.0952. The Bertz CT molecular complexity index is 1480. The van der Waals surface area contributed by atoms with Crippen molar-refractivity contribution in [3.63, 3.8) is 0 Å². The first-order valence-electron chi connectivity index (χ1n) is 9.44. The number of anilines is 1. The number of alkyl halides is 3. The smallest absolute Gasteiger partial charge is 0.434 e. The first-order chi connectivity index (χ1) is 16.1. The van der Waals surface area contributed by atoms with Gasteiger partial charge in [-0.2, -0.15) is 18.3 Å². The molecule has 3 heterocycles. The second kappa shape index (κ2) is 8.63. The Morgan fingerprint density at radius 2 is 1.91 bits per heavy atom. The molecular weight excluding hydrogens is 479 g/mol. The number of carbonyl (C=O) groups is 2. The number of esters is 1. The lowest BCUT2D eigenvalue weighted by atomic mass is 10.1. The molecule has 1 amide bonds. The summed E-state index contributed by atoms with van der Waals surface area (Å²) < 4.78 is 47.4. The lowest BCUT2D eigenvalue weighted by Gasteiger charge is -2.14. The molecule has 0 radical (unpaired) electrons. The summed E-state index contributed by atoms with van der Waals surface area (Å²) in [5.74, 6) is -1.93. The van der Waals surface area contributed by atoms with Gasteiger partial charge < -0.3 is 15.0 Å². The van der Waals surface area contributed by atoms with Crippen molar-refractivity contribution < 1.29 is 27.5 Å². The summed E-state index contributed by atoms with van der Waals surface area (Å²) in [5.41, 5.74) is -3.01. The van der Waals surface area contributed by atoms with Gasteiger partial charge in [-0.05, 0) is 30.3 Å². The van der Waals surface area contributed by atoms with E-state index in [0.29, 0.717) is 4.68 Å². The molecule has 3 aromatic heterocycles. The molecule has 1 aromatic carbocycles. The molecule has 0 aliphatic rings.